The summed E-state index contributed by atoms with van der Waals surface area (Å²) in [6, 6.07) is 0. The third-order valence-corrected chi connectivity index (χ3v) is 4.48. The number of rotatable bonds is 2. The van der Waals surface area contributed by atoms with Crippen LogP contribution < -0.4 is 0 Å². The van der Waals surface area contributed by atoms with Crippen LogP contribution in [-0.4, -0.2) is 39.3 Å². The Bertz CT molecular complexity index is 233. The molecule has 0 bridgehead atoms. The topological polar surface area (TPSA) is 29.5 Å². The van der Waals surface area contributed by atoms with Gasteiger partial charge in [0.05, 0.1) is 6.10 Å². The molecule has 5 heteroatoms. The highest BCUT2D eigenvalue weighted by atomic mass is 79.9. The zero-order valence-corrected chi connectivity index (χ0v) is 11.8. The van der Waals surface area contributed by atoms with Crippen LogP contribution in [0.25, 0.3) is 0 Å². The fraction of sp³-hybridized carbons (Fsp3) is 0.889. The Morgan fingerprint density at radius 1 is 1.71 bits per heavy atom. The van der Waals surface area contributed by atoms with Crippen LogP contribution in [0.5, 0.6) is 0 Å². The minimum atomic E-state index is -0.481. The van der Waals surface area contributed by atoms with Gasteiger partial charge < -0.3 is 9.64 Å². The van der Waals surface area contributed by atoms with Crippen molar-refractivity contribution >= 4 is 37.8 Å². The summed E-state index contributed by atoms with van der Waals surface area (Å²) in [7, 11) is 0. The Labute approximate surface area is 101 Å². The van der Waals surface area contributed by atoms with E-state index in [1.54, 1.807) is 4.90 Å². The van der Waals surface area contributed by atoms with E-state index in [1.807, 2.05) is 20.8 Å². The first-order valence-corrected chi connectivity index (χ1v) is 6.61. The summed E-state index contributed by atoms with van der Waals surface area (Å²) in [5.74, 6) is 0.0798. The van der Waals surface area contributed by atoms with E-state index >= 15 is 0 Å². The van der Waals surface area contributed by atoms with E-state index in [0.29, 0.717) is 11.9 Å². The molecule has 2 atom stereocenters. The average molecular weight is 329 g/mol. The lowest BCUT2D eigenvalue weighted by molar-refractivity contribution is -0.144. The quantitative estimate of drug-likeness (QED) is 0.727. The highest BCUT2D eigenvalue weighted by Gasteiger charge is 2.41. The van der Waals surface area contributed by atoms with Gasteiger partial charge in [-0.1, -0.05) is 31.9 Å². The second-order valence-corrected chi connectivity index (χ2v) is 5.70. The maximum absolute atomic E-state index is 11.9. The molecule has 1 amide bonds. The fourth-order valence-electron chi connectivity index (χ4n) is 1.66. The van der Waals surface area contributed by atoms with E-state index in [-0.39, 0.29) is 16.8 Å². The number of hydrogen-bond donors (Lipinski definition) is 0. The molecule has 0 saturated carbocycles. The van der Waals surface area contributed by atoms with Crippen molar-refractivity contribution < 1.29 is 9.53 Å². The average Bonchev–Trinajstić information content (AvgIpc) is 2.36. The first kappa shape index (κ1) is 12.5. The summed E-state index contributed by atoms with van der Waals surface area (Å²) in [5, 5.41) is 0.618. The normalized spacial score (nSPS) is 27.8. The van der Waals surface area contributed by atoms with Crippen LogP contribution in [0.15, 0.2) is 0 Å². The third-order valence-electron chi connectivity index (χ3n) is 2.25. The van der Waals surface area contributed by atoms with Crippen LogP contribution >= 0.6 is 31.9 Å². The molecule has 1 aliphatic rings. The molecule has 0 aromatic carbocycles. The van der Waals surface area contributed by atoms with E-state index in [9.17, 15) is 4.79 Å². The fourth-order valence-corrected chi connectivity index (χ4v) is 2.18. The molecular weight excluding hydrogens is 314 g/mol. The molecule has 1 aliphatic heterocycles. The lowest BCUT2D eigenvalue weighted by Crippen LogP contribution is -2.47. The standard InChI is InChI=1S/C9H15Br2NO2/c1-6-5-12(9(2,3)14-6)8(13)7(11)4-10/h6-7H,4-5H2,1-3H3. The van der Waals surface area contributed by atoms with Crippen LogP contribution in [0.2, 0.25) is 0 Å². The lowest BCUT2D eigenvalue weighted by Gasteiger charge is -2.31. The number of ether oxygens (including phenoxy) is 1. The van der Waals surface area contributed by atoms with E-state index in [2.05, 4.69) is 31.9 Å². The van der Waals surface area contributed by atoms with Crippen molar-refractivity contribution in [2.45, 2.75) is 37.4 Å². The van der Waals surface area contributed by atoms with Gasteiger partial charge in [0.1, 0.15) is 10.6 Å². The second-order valence-electron chi connectivity index (χ2n) is 3.95. The van der Waals surface area contributed by atoms with Crippen LogP contribution in [0.3, 0.4) is 0 Å². The maximum Gasteiger partial charge on any atom is 0.239 e. The second kappa shape index (κ2) is 4.49. The summed E-state index contributed by atoms with van der Waals surface area (Å²) in [6.45, 7) is 6.48. The highest BCUT2D eigenvalue weighted by molar-refractivity contribution is 9.12. The predicted molar refractivity (Wildman–Crippen MR) is 62.8 cm³/mol. The molecule has 1 rings (SSSR count). The van der Waals surface area contributed by atoms with Gasteiger partial charge >= 0.3 is 0 Å². The van der Waals surface area contributed by atoms with Gasteiger partial charge in [0, 0.05) is 11.9 Å². The maximum atomic E-state index is 11.9. The summed E-state index contributed by atoms with van der Waals surface area (Å²) in [6.07, 6.45) is 0.115. The first-order valence-electron chi connectivity index (χ1n) is 4.58. The Hall–Kier alpha value is 0.390. The molecule has 1 saturated heterocycles. The van der Waals surface area contributed by atoms with E-state index in [0.717, 1.165) is 0 Å². The molecular formula is C9H15Br2NO2. The molecule has 2 unspecified atom stereocenters. The summed E-state index contributed by atoms with van der Waals surface area (Å²) < 4.78 is 5.65. The number of carbonyl (C=O) groups excluding carboxylic acids is 1. The Balaban J connectivity index is 2.73. The Morgan fingerprint density at radius 3 is 2.64 bits per heavy atom. The molecule has 0 N–H and O–H groups in total. The Morgan fingerprint density at radius 2 is 2.29 bits per heavy atom. The van der Waals surface area contributed by atoms with Crippen molar-refractivity contribution in [3.63, 3.8) is 0 Å². The van der Waals surface area contributed by atoms with Gasteiger partial charge in [0.2, 0.25) is 5.91 Å². The monoisotopic (exact) mass is 327 g/mol. The van der Waals surface area contributed by atoms with Crippen molar-refractivity contribution in [1.29, 1.82) is 0 Å². The molecule has 82 valence electrons. The van der Waals surface area contributed by atoms with E-state index in [1.165, 1.54) is 0 Å². The zero-order valence-electron chi connectivity index (χ0n) is 8.59. The van der Waals surface area contributed by atoms with E-state index in [4.69, 9.17) is 4.74 Å². The Kier molecular flexibility index (Phi) is 4.00. The highest BCUT2D eigenvalue weighted by Crippen LogP contribution is 2.28. The molecule has 0 spiro atoms. The van der Waals surface area contributed by atoms with Crippen LogP contribution in [-0.2, 0) is 9.53 Å². The number of amides is 1. The number of halogens is 2. The van der Waals surface area contributed by atoms with Crippen molar-refractivity contribution in [3.8, 4) is 0 Å². The van der Waals surface area contributed by atoms with Crippen molar-refractivity contribution in [2.24, 2.45) is 0 Å². The van der Waals surface area contributed by atoms with Gasteiger partial charge in [-0.3, -0.25) is 4.79 Å². The molecule has 0 radical (unpaired) electrons. The number of nitrogens with zero attached hydrogens (tertiary/aromatic N) is 1. The van der Waals surface area contributed by atoms with Crippen LogP contribution in [0.4, 0.5) is 0 Å². The lowest BCUT2D eigenvalue weighted by atomic mass is 10.2. The van der Waals surface area contributed by atoms with Gasteiger partial charge in [-0.2, -0.15) is 0 Å². The van der Waals surface area contributed by atoms with Gasteiger partial charge in [0.15, 0.2) is 0 Å². The number of carbonyl (C=O) groups is 1. The van der Waals surface area contributed by atoms with Gasteiger partial charge in [0.25, 0.3) is 0 Å². The van der Waals surface area contributed by atoms with Crippen LogP contribution in [0, 0.1) is 0 Å². The number of alkyl halides is 2. The molecule has 0 aliphatic carbocycles. The summed E-state index contributed by atoms with van der Waals surface area (Å²) in [4.78, 5) is 13.5. The molecule has 1 heterocycles. The number of hydrogen-bond acceptors (Lipinski definition) is 2. The smallest absolute Gasteiger partial charge is 0.239 e. The minimum absolute atomic E-state index is 0.0798. The van der Waals surface area contributed by atoms with Gasteiger partial charge in [-0.15, -0.1) is 0 Å². The predicted octanol–water partition coefficient (Wildman–Crippen LogP) is 2.13. The molecule has 0 aromatic rings. The van der Waals surface area contributed by atoms with Gasteiger partial charge in [-0.05, 0) is 20.8 Å². The molecule has 3 nitrogen and oxygen atoms in total. The summed E-state index contributed by atoms with van der Waals surface area (Å²) in [5.41, 5.74) is -0.481. The molecule has 0 aromatic heterocycles. The molecule has 14 heavy (non-hydrogen) atoms. The largest absolute Gasteiger partial charge is 0.351 e. The molecule has 1 fully saturated rings. The van der Waals surface area contributed by atoms with Crippen molar-refractivity contribution in [2.75, 3.05) is 11.9 Å². The van der Waals surface area contributed by atoms with Crippen molar-refractivity contribution in [1.82, 2.24) is 4.90 Å². The van der Waals surface area contributed by atoms with E-state index < -0.39 is 5.72 Å². The summed E-state index contributed by atoms with van der Waals surface area (Å²) >= 11 is 6.61. The SMILES string of the molecule is CC1CN(C(=O)C(Br)CBr)C(C)(C)O1. The third kappa shape index (κ3) is 2.49. The first-order chi connectivity index (χ1) is 6.38. The zero-order chi connectivity index (χ0) is 10.9. The van der Waals surface area contributed by atoms with Crippen molar-refractivity contribution in [3.05, 3.63) is 0 Å². The minimum Gasteiger partial charge on any atom is -0.351 e. The van der Waals surface area contributed by atoms with Crippen LogP contribution in [0.1, 0.15) is 20.8 Å². The van der Waals surface area contributed by atoms with Gasteiger partial charge in [-0.25, -0.2) is 0 Å².